The molecule has 2 rings (SSSR count). The maximum Gasteiger partial charge on any atom is 0.127 e. The van der Waals surface area contributed by atoms with Crippen LogP contribution in [0.1, 0.15) is 48.1 Å². The fraction of sp³-hybridized carbons (Fsp3) is 0.538. The highest BCUT2D eigenvalue weighted by molar-refractivity contribution is 5.64. The number of aromatic nitrogens is 3. The molecule has 86 valence electrons. The third kappa shape index (κ3) is 1.42. The van der Waals surface area contributed by atoms with E-state index in [9.17, 15) is 0 Å². The van der Waals surface area contributed by atoms with Gasteiger partial charge in [0.05, 0.1) is 11.2 Å². The van der Waals surface area contributed by atoms with Crippen molar-refractivity contribution in [1.29, 1.82) is 0 Å². The molecule has 0 aliphatic carbocycles. The van der Waals surface area contributed by atoms with Gasteiger partial charge in [0.2, 0.25) is 0 Å². The van der Waals surface area contributed by atoms with Gasteiger partial charge in [0.15, 0.2) is 0 Å². The Hall–Kier alpha value is -1.38. The van der Waals surface area contributed by atoms with E-state index in [2.05, 4.69) is 44.7 Å². The van der Waals surface area contributed by atoms with Gasteiger partial charge in [-0.1, -0.05) is 13.8 Å². The molecule has 0 aliphatic rings. The van der Waals surface area contributed by atoms with Crippen molar-refractivity contribution in [2.45, 2.75) is 47.5 Å². The Morgan fingerprint density at radius 3 is 2.19 bits per heavy atom. The van der Waals surface area contributed by atoms with E-state index in [1.807, 2.05) is 11.4 Å². The minimum absolute atomic E-state index is 0.498. The first-order chi connectivity index (χ1) is 7.43. The summed E-state index contributed by atoms with van der Waals surface area (Å²) in [5.41, 5.74) is 6.07. The Bertz CT molecular complexity index is 550. The Balaban J connectivity index is 2.97. The van der Waals surface area contributed by atoms with Crippen LogP contribution in [0.2, 0.25) is 0 Å². The van der Waals surface area contributed by atoms with Crippen molar-refractivity contribution in [3.63, 3.8) is 0 Å². The highest BCUT2D eigenvalue weighted by Gasteiger charge is 2.17. The van der Waals surface area contributed by atoms with E-state index < -0.39 is 0 Å². The summed E-state index contributed by atoms with van der Waals surface area (Å²) in [6.45, 7) is 12.7. The maximum atomic E-state index is 4.59. The molecule has 2 aromatic heterocycles. The molecule has 0 bridgehead atoms. The molecule has 0 radical (unpaired) electrons. The van der Waals surface area contributed by atoms with Crippen molar-refractivity contribution in [3.05, 3.63) is 28.3 Å². The smallest absolute Gasteiger partial charge is 0.127 e. The second-order valence-electron chi connectivity index (χ2n) is 4.78. The van der Waals surface area contributed by atoms with Crippen LogP contribution < -0.4 is 0 Å². The van der Waals surface area contributed by atoms with Crippen molar-refractivity contribution >= 4 is 5.52 Å². The van der Waals surface area contributed by atoms with Crippen LogP contribution in [0.25, 0.3) is 5.52 Å². The van der Waals surface area contributed by atoms with Crippen molar-refractivity contribution in [2.75, 3.05) is 0 Å². The van der Waals surface area contributed by atoms with E-state index in [4.69, 9.17) is 0 Å². The van der Waals surface area contributed by atoms with E-state index in [0.717, 1.165) is 17.2 Å². The molecule has 0 saturated heterocycles. The van der Waals surface area contributed by atoms with E-state index in [1.54, 1.807) is 0 Å². The number of aryl methyl sites for hydroxylation is 4. The van der Waals surface area contributed by atoms with Crippen LogP contribution >= 0.6 is 0 Å². The molecular weight excluding hydrogens is 198 g/mol. The third-order valence-corrected chi connectivity index (χ3v) is 3.22. The van der Waals surface area contributed by atoms with Crippen molar-refractivity contribution in [3.8, 4) is 0 Å². The molecule has 3 nitrogen and oxygen atoms in total. The van der Waals surface area contributed by atoms with Crippen LogP contribution in [0.4, 0.5) is 0 Å². The summed E-state index contributed by atoms with van der Waals surface area (Å²) in [5.74, 6) is 1.46. The normalized spacial score (nSPS) is 11.7. The van der Waals surface area contributed by atoms with Crippen molar-refractivity contribution in [2.24, 2.45) is 0 Å². The topological polar surface area (TPSA) is 30.2 Å². The van der Waals surface area contributed by atoms with Crippen LogP contribution in [0.5, 0.6) is 0 Å². The van der Waals surface area contributed by atoms with Gasteiger partial charge in [0, 0.05) is 11.3 Å². The van der Waals surface area contributed by atoms with Crippen LogP contribution in [-0.4, -0.2) is 14.6 Å². The number of fused-ring (bicyclic) bond motifs is 1. The molecule has 0 atom stereocenters. The van der Waals surface area contributed by atoms with Gasteiger partial charge < -0.3 is 0 Å². The quantitative estimate of drug-likeness (QED) is 0.734. The Kier molecular flexibility index (Phi) is 2.49. The summed E-state index contributed by atoms with van der Waals surface area (Å²) in [4.78, 5) is 4.52. The average Bonchev–Trinajstić information content (AvgIpc) is 2.53. The second-order valence-corrected chi connectivity index (χ2v) is 4.78. The Morgan fingerprint density at radius 1 is 1.00 bits per heavy atom. The average molecular weight is 217 g/mol. The minimum atomic E-state index is 0.498. The van der Waals surface area contributed by atoms with Crippen LogP contribution in [0, 0.1) is 27.7 Å². The predicted molar refractivity (Wildman–Crippen MR) is 66.0 cm³/mol. The van der Waals surface area contributed by atoms with Gasteiger partial charge in [-0.05, 0) is 39.2 Å². The summed E-state index contributed by atoms with van der Waals surface area (Å²) >= 11 is 0. The largest absolute Gasteiger partial charge is 0.238 e. The summed E-state index contributed by atoms with van der Waals surface area (Å²) in [6, 6.07) is 0. The van der Waals surface area contributed by atoms with E-state index in [1.165, 1.54) is 16.6 Å². The van der Waals surface area contributed by atoms with Gasteiger partial charge >= 0.3 is 0 Å². The number of hydrogen-bond acceptors (Lipinski definition) is 2. The number of rotatable bonds is 1. The molecule has 3 heteroatoms. The van der Waals surface area contributed by atoms with Gasteiger partial charge in [-0.25, -0.2) is 9.50 Å². The zero-order chi connectivity index (χ0) is 12.0. The first kappa shape index (κ1) is 11.1. The molecule has 0 aliphatic heterocycles. The molecule has 16 heavy (non-hydrogen) atoms. The summed E-state index contributed by atoms with van der Waals surface area (Å²) in [6.07, 6.45) is 0. The molecular formula is C13H19N3. The number of hydrogen-bond donors (Lipinski definition) is 0. The summed E-state index contributed by atoms with van der Waals surface area (Å²) < 4.78 is 1.98. The fourth-order valence-electron chi connectivity index (χ4n) is 2.37. The molecule has 0 saturated carbocycles. The van der Waals surface area contributed by atoms with Gasteiger partial charge in [0.1, 0.15) is 5.82 Å². The molecule has 2 aromatic rings. The number of nitrogens with zero attached hydrogens (tertiary/aromatic N) is 3. The van der Waals surface area contributed by atoms with Gasteiger partial charge in [-0.3, -0.25) is 0 Å². The second kappa shape index (κ2) is 3.58. The third-order valence-electron chi connectivity index (χ3n) is 3.22. The lowest BCUT2D eigenvalue weighted by atomic mass is 9.99. The summed E-state index contributed by atoms with van der Waals surface area (Å²) in [5, 5.41) is 4.59. The van der Waals surface area contributed by atoms with Crippen LogP contribution in [0.15, 0.2) is 0 Å². The minimum Gasteiger partial charge on any atom is -0.238 e. The summed E-state index contributed by atoms with van der Waals surface area (Å²) in [7, 11) is 0. The van der Waals surface area contributed by atoms with E-state index >= 15 is 0 Å². The van der Waals surface area contributed by atoms with Gasteiger partial charge in [-0.2, -0.15) is 5.10 Å². The first-order valence-corrected chi connectivity index (χ1v) is 5.76. The molecule has 0 aromatic carbocycles. The lowest BCUT2D eigenvalue weighted by Gasteiger charge is -2.09. The molecule has 2 heterocycles. The van der Waals surface area contributed by atoms with Gasteiger partial charge in [0.25, 0.3) is 0 Å². The van der Waals surface area contributed by atoms with E-state index in [-0.39, 0.29) is 0 Å². The van der Waals surface area contributed by atoms with Gasteiger partial charge in [-0.15, -0.1) is 0 Å². The SMILES string of the molecule is Cc1nc(C)n2nc(C)c(C(C)C)c2c1C. The highest BCUT2D eigenvalue weighted by Crippen LogP contribution is 2.27. The van der Waals surface area contributed by atoms with Crippen molar-refractivity contribution < 1.29 is 0 Å². The Morgan fingerprint density at radius 2 is 1.62 bits per heavy atom. The van der Waals surface area contributed by atoms with Crippen LogP contribution in [0.3, 0.4) is 0 Å². The molecule has 0 unspecified atom stereocenters. The molecule has 0 fully saturated rings. The predicted octanol–water partition coefficient (Wildman–Crippen LogP) is 3.09. The first-order valence-electron chi connectivity index (χ1n) is 5.76. The van der Waals surface area contributed by atoms with Crippen molar-refractivity contribution in [1.82, 2.24) is 14.6 Å². The maximum absolute atomic E-state index is 4.59. The monoisotopic (exact) mass is 217 g/mol. The Labute approximate surface area is 96.5 Å². The van der Waals surface area contributed by atoms with Crippen LogP contribution in [-0.2, 0) is 0 Å². The molecule has 0 N–H and O–H groups in total. The standard InChI is InChI=1S/C13H19N3/c1-7(2)12-10(5)15-16-11(6)14-9(4)8(3)13(12)16/h7H,1-6H3. The molecule has 0 amide bonds. The lowest BCUT2D eigenvalue weighted by molar-refractivity contribution is 0.832. The fourth-order valence-corrected chi connectivity index (χ4v) is 2.37. The van der Waals surface area contributed by atoms with E-state index in [0.29, 0.717) is 5.92 Å². The zero-order valence-electron chi connectivity index (χ0n) is 10.9. The lowest BCUT2D eigenvalue weighted by Crippen LogP contribution is -2.02. The zero-order valence-corrected chi connectivity index (χ0v) is 10.9. The highest BCUT2D eigenvalue weighted by atomic mass is 15.3. The molecule has 0 spiro atoms.